The number of halogens is 1. The molecule has 28 heavy (non-hydrogen) atoms. The van der Waals surface area contributed by atoms with Gasteiger partial charge in [-0.25, -0.2) is 9.07 Å². The highest BCUT2D eigenvalue weighted by Crippen LogP contribution is 2.38. The van der Waals surface area contributed by atoms with E-state index in [-0.39, 0.29) is 11.7 Å². The Morgan fingerprint density at radius 3 is 2.75 bits per heavy atom. The third kappa shape index (κ3) is 3.07. The molecule has 0 bridgehead atoms. The second-order valence-corrected chi connectivity index (χ2v) is 6.26. The first-order chi connectivity index (χ1) is 13.6. The van der Waals surface area contributed by atoms with Crippen molar-refractivity contribution in [1.29, 1.82) is 0 Å². The summed E-state index contributed by atoms with van der Waals surface area (Å²) in [5.74, 6) is -0.542. The fourth-order valence-electron chi connectivity index (χ4n) is 3.27. The van der Waals surface area contributed by atoms with Crippen molar-refractivity contribution in [1.82, 2.24) is 20.2 Å². The number of hydrogen-bond donors (Lipinski definition) is 2. The predicted molar refractivity (Wildman–Crippen MR) is 100 cm³/mol. The molecule has 0 aliphatic carbocycles. The van der Waals surface area contributed by atoms with Gasteiger partial charge in [0.25, 0.3) is 0 Å². The highest BCUT2D eigenvalue weighted by atomic mass is 19.1. The minimum atomic E-state index is -0.744. The van der Waals surface area contributed by atoms with Crippen LogP contribution in [0.15, 0.2) is 60.8 Å². The van der Waals surface area contributed by atoms with Gasteiger partial charge in [-0.15, -0.1) is 0 Å². The van der Waals surface area contributed by atoms with Crippen LogP contribution in [0.4, 0.5) is 16.0 Å². The van der Waals surface area contributed by atoms with Gasteiger partial charge in [0.05, 0.1) is 18.8 Å². The fourth-order valence-corrected chi connectivity index (χ4v) is 3.27. The Labute approximate surface area is 160 Å². The average Bonchev–Trinajstić information content (AvgIpc) is 3.16. The maximum Gasteiger partial charge on any atom is 0.247 e. The van der Waals surface area contributed by atoms with E-state index in [1.54, 1.807) is 30.3 Å². The summed E-state index contributed by atoms with van der Waals surface area (Å²) >= 11 is 0. The lowest BCUT2D eigenvalue weighted by atomic mass is 9.88. The molecule has 0 saturated heterocycles. The normalized spacial score (nSPS) is 18.1. The van der Waals surface area contributed by atoms with Gasteiger partial charge in [0.2, 0.25) is 11.9 Å². The predicted octanol–water partition coefficient (Wildman–Crippen LogP) is 2.60. The molecular weight excluding hydrogens is 363 g/mol. The van der Waals surface area contributed by atoms with E-state index in [4.69, 9.17) is 4.74 Å². The summed E-state index contributed by atoms with van der Waals surface area (Å²) in [6.07, 6.45) is 0. The molecule has 4 rings (SSSR count). The van der Waals surface area contributed by atoms with Crippen LogP contribution in [-0.2, 0) is 4.79 Å². The number of benzene rings is 2. The maximum atomic E-state index is 13.4. The number of anilines is 2. The molecule has 9 heteroatoms. The number of hydrogen-bond acceptors (Lipinski definition) is 6. The van der Waals surface area contributed by atoms with Crippen molar-refractivity contribution in [3.05, 3.63) is 72.2 Å². The van der Waals surface area contributed by atoms with Crippen molar-refractivity contribution >= 4 is 17.5 Å². The van der Waals surface area contributed by atoms with Gasteiger partial charge in [-0.1, -0.05) is 35.9 Å². The second kappa shape index (κ2) is 7.10. The van der Waals surface area contributed by atoms with Crippen molar-refractivity contribution in [2.75, 3.05) is 17.7 Å². The number of carbonyl (C=O) groups excluding carboxylic acids is 1. The summed E-state index contributed by atoms with van der Waals surface area (Å²) < 4.78 is 20.2. The zero-order valence-corrected chi connectivity index (χ0v) is 15.0. The van der Waals surface area contributed by atoms with Gasteiger partial charge in [0.1, 0.15) is 17.5 Å². The van der Waals surface area contributed by atoms with Crippen LogP contribution in [0.5, 0.6) is 5.75 Å². The van der Waals surface area contributed by atoms with Gasteiger partial charge in [0, 0.05) is 5.70 Å². The summed E-state index contributed by atoms with van der Waals surface area (Å²) in [6.45, 7) is 3.99. The van der Waals surface area contributed by atoms with Gasteiger partial charge in [-0.05, 0) is 40.3 Å². The number of tetrazole rings is 1. The Bertz CT molecular complexity index is 1030. The van der Waals surface area contributed by atoms with E-state index in [0.29, 0.717) is 28.6 Å². The molecular formula is C19H17FN6O2. The molecule has 2 unspecified atom stereocenters. The van der Waals surface area contributed by atoms with Gasteiger partial charge in [-0.2, -0.15) is 0 Å². The fraction of sp³-hybridized carbons (Fsp3) is 0.158. The molecule has 2 atom stereocenters. The number of nitrogens with one attached hydrogen (secondary N) is 2. The van der Waals surface area contributed by atoms with Crippen molar-refractivity contribution in [3.63, 3.8) is 0 Å². The van der Waals surface area contributed by atoms with Crippen molar-refractivity contribution in [2.45, 2.75) is 6.04 Å². The second-order valence-electron chi connectivity index (χ2n) is 6.26. The monoisotopic (exact) mass is 380 g/mol. The lowest BCUT2D eigenvalue weighted by Crippen LogP contribution is -2.39. The molecule has 1 amide bonds. The van der Waals surface area contributed by atoms with E-state index in [1.165, 1.54) is 23.9 Å². The van der Waals surface area contributed by atoms with Crippen molar-refractivity contribution in [2.24, 2.45) is 5.92 Å². The van der Waals surface area contributed by atoms with Crippen LogP contribution in [0, 0.1) is 11.7 Å². The van der Waals surface area contributed by atoms with Gasteiger partial charge in [-0.3, -0.25) is 4.79 Å². The smallest absolute Gasteiger partial charge is 0.247 e. The van der Waals surface area contributed by atoms with E-state index < -0.39 is 12.0 Å². The summed E-state index contributed by atoms with van der Waals surface area (Å²) in [5, 5.41) is 17.4. The van der Waals surface area contributed by atoms with Gasteiger partial charge >= 0.3 is 0 Å². The van der Waals surface area contributed by atoms with Gasteiger partial charge < -0.3 is 15.4 Å². The third-order valence-electron chi connectivity index (χ3n) is 4.58. The van der Waals surface area contributed by atoms with Crippen LogP contribution in [0.25, 0.3) is 0 Å². The van der Waals surface area contributed by atoms with Gasteiger partial charge in [0.15, 0.2) is 0 Å². The van der Waals surface area contributed by atoms with E-state index in [9.17, 15) is 9.18 Å². The average molecular weight is 380 g/mol. The first-order valence-corrected chi connectivity index (χ1v) is 8.51. The molecule has 142 valence electrons. The molecule has 2 heterocycles. The van der Waals surface area contributed by atoms with E-state index >= 15 is 0 Å². The molecule has 0 spiro atoms. The topological polar surface area (TPSA) is 94.0 Å². The van der Waals surface area contributed by atoms with E-state index in [2.05, 4.69) is 32.7 Å². The number of fused-ring (bicyclic) bond motifs is 1. The largest absolute Gasteiger partial charge is 0.495 e. The highest BCUT2D eigenvalue weighted by molar-refractivity contribution is 5.96. The summed E-state index contributed by atoms with van der Waals surface area (Å²) in [7, 11) is 1.53. The molecule has 2 N–H and O–H groups in total. The Kier molecular flexibility index (Phi) is 4.48. The summed E-state index contributed by atoms with van der Waals surface area (Å²) in [4.78, 5) is 13.2. The van der Waals surface area contributed by atoms with Crippen LogP contribution < -0.4 is 15.4 Å². The molecule has 1 aromatic heterocycles. The number of methoxy groups -OCH3 is 1. The standard InChI is InChI=1S/C19H17FN6O2/c1-11-16(18(27)22-14-5-3-4-6-15(14)28-2)17(12-7-9-13(20)10-8-12)26-19(21-11)23-24-25-26/h3-10,16-17H,1H2,2H3,(H,22,27)(H,21,23,25). The molecule has 2 aromatic carbocycles. The Hall–Kier alpha value is -3.75. The lowest BCUT2D eigenvalue weighted by molar-refractivity contribution is -0.119. The number of aromatic nitrogens is 4. The SMILES string of the molecule is C=C1Nc2nnnn2C(c2ccc(F)cc2)C1C(=O)Nc1ccccc1OC. The summed E-state index contributed by atoms with van der Waals surface area (Å²) in [5.41, 5.74) is 1.64. The zero-order chi connectivity index (χ0) is 19.7. The van der Waals surface area contributed by atoms with Crippen LogP contribution in [-0.4, -0.2) is 33.2 Å². The number of nitrogens with zero attached hydrogens (tertiary/aromatic N) is 4. The molecule has 0 fully saturated rings. The number of amides is 1. The first-order valence-electron chi connectivity index (χ1n) is 8.51. The van der Waals surface area contributed by atoms with E-state index in [1.807, 2.05) is 6.07 Å². The van der Waals surface area contributed by atoms with Crippen molar-refractivity contribution in [3.8, 4) is 5.75 Å². The third-order valence-corrected chi connectivity index (χ3v) is 4.58. The highest BCUT2D eigenvalue weighted by Gasteiger charge is 2.40. The summed E-state index contributed by atoms with van der Waals surface area (Å²) in [6, 6.07) is 12.4. The Balaban J connectivity index is 1.73. The first kappa shape index (κ1) is 17.7. The molecule has 1 aliphatic rings. The van der Waals surface area contributed by atoms with Crippen LogP contribution in [0.1, 0.15) is 11.6 Å². The minimum absolute atomic E-state index is 0.322. The number of para-hydroxylation sites is 2. The number of rotatable bonds is 4. The van der Waals surface area contributed by atoms with Crippen molar-refractivity contribution < 1.29 is 13.9 Å². The molecule has 0 radical (unpaired) electrons. The maximum absolute atomic E-state index is 13.4. The quantitative estimate of drug-likeness (QED) is 0.723. The molecule has 8 nitrogen and oxygen atoms in total. The van der Waals surface area contributed by atoms with Crippen LogP contribution in [0.3, 0.4) is 0 Å². The van der Waals surface area contributed by atoms with Crippen LogP contribution >= 0.6 is 0 Å². The molecule has 0 saturated carbocycles. The molecule has 1 aliphatic heterocycles. The number of ether oxygens (including phenoxy) is 1. The Morgan fingerprint density at radius 2 is 2.00 bits per heavy atom. The Morgan fingerprint density at radius 1 is 1.25 bits per heavy atom. The zero-order valence-electron chi connectivity index (χ0n) is 15.0. The molecule has 3 aromatic rings. The lowest BCUT2D eigenvalue weighted by Gasteiger charge is -2.33. The van der Waals surface area contributed by atoms with E-state index in [0.717, 1.165) is 0 Å². The number of carbonyl (C=O) groups is 1. The minimum Gasteiger partial charge on any atom is -0.495 e. The van der Waals surface area contributed by atoms with Crippen LogP contribution in [0.2, 0.25) is 0 Å².